The Kier molecular flexibility index (Phi) is 128. The molecule has 0 heterocycles. The minimum Gasteiger partial charge on any atom is -0.394 e. The van der Waals surface area contributed by atoms with Gasteiger partial charge in [0.15, 0.2) is 0 Å². The standard InChI is InChI=1S/C97H193N5O47/c1-109-22-23-117-38-39-125-52-53-131-64-65-137-76-77-143-88-89-146-85-80-140-73-68-134-61-56-128-49-44-122-35-28-114-19-9-101-95(107)4-15-149-92-97(102-96(108)5-12-110-24-31-118-40-41-119-32-25-111-16-6-98,90-147-13-2-93(105)99-7-17-112-26-33-120-42-47-126-54-59-132-66-71-138-78-83-144-86-81-141-74-69-135-62-57-129-50-45-123-36-29-115-20-10-103)91-148-14-3-94(106)100-8-18-113-27-34-121-43-48-127-55-60-133-67-72-139-79-84-145-87-82-142-75-70-136-63-58-130-51-46-124-37-30-116-21-11-104/h103-104H,2-92,98H2,1H3,(H,99,105)(H,100,106)(H,101,107)(H,102,108). The lowest BCUT2D eigenvalue weighted by atomic mass is 10.0. The number of nitrogens with one attached hydrogen (secondary N) is 4. The Hall–Kier alpha value is -3.88. The highest BCUT2D eigenvalue weighted by Crippen LogP contribution is 2.12. The van der Waals surface area contributed by atoms with Crippen LogP contribution in [0, 0.1) is 0 Å². The summed E-state index contributed by atoms with van der Waals surface area (Å²) in [6.45, 7) is 30.6. The second-order valence-electron chi connectivity index (χ2n) is 30.9. The molecule has 0 aliphatic rings. The van der Waals surface area contributed by atoms with Crippen molar-refractivity contribution in [2.24, 2.45) is 5.73 Å². The number of aliphatic hydroxyl groups is 2. The SMILES string of the molecule is COCCOCCOCCOCCOCCOCCOCCOCCOCCOCCOCCOCCNC(=O)CCOCC(COCCC(=O)NCCOCCOCCOCCOCCOCCOCCOCCOCCOCCOCCOCCO)(COCCC(=O)NCCOCCOCCOCCOCCOCCOCCOCCOCCOCCOCCOCCO)NC(=O)CCOCCOCCOCCOCCN. The number of ether oxygens (including phenoxy) is 41. The van der Waals surface area contributed by atoms with Crippen molar-refractivity contribution >= 4 is 23.6 Å². The van der Waals surface area contributed by atoms with Crippen LogP contribution in [0.1, 0.15) is 25.7 Å². The number of hydrogen-bond acceptors (Lipinski definition) is 48. The molecule has 52 heteroatoms. The van der Waals surface area contributed by atoms with E-state index in [1.807, 2.05) is 0 Å². The quantitative estimate of drug-likeness (QED) is 0.0299. The van der Waals surface area contributed by atoms with Gasteiger partial charge < -0.3 is 231 Å². The highest BCUT2D eigenvalue weighted by Gasteiger charge is 2.34. The third kappa shape index (κ3) is 126. The van der Waals surface area contributed by atoms with Crippen molar-refractivity contribution in [3.63, 3.8) is 0 Å². The topological polar surface area (TPSA) is 561 Å². The van der Waals surface area contributed by atoms with Gasteiger partial charge in [0.1, 0.15) is 5.54 Å². The van der Waals surface area contributed by atoms with Crippen LogP contribution in [0.3, 0.4) is 0 Å². The molecule has 0 radical (unpaired) electrons. The minimum atomic E-state index is -1.39. The number of aliphatic hydroxyl groups excluding tert-OH is 2. The molecule has 0 saturated carbocycles. The minimum absolute atomic E-state index is 0.00377. The van der Waals surface area contributed by atoms with Gasteiger partial charge in [0.2, 0.25) is 23.6 Å². The Bertz CT molecular complexity index is 2450. The van der Waals surface area contributed by atoms with Crippen molar-refractivity contribution in [1.82, 2.24) is 21.3 Å². The predicted octanol–water partition coefficient (Wildman–Crippen LogP) is -3.00. The molecule has 0 aromatic heterocycles. The van der Waals surface area contributed by atoms with E-state index in [2.05, 4.69) is 21.3 Å². The van der Waals surface area contributed by atoms with E-state index in [0.717, 1.165) is 0 Å². The summed E-state index contributed by atoms with van der Waals surface area (Å²) in [7, 11) is 1.63. The number of amides is 4. The normalized spacial score (nSPS) is 11.8. The van der Waals surface area contributed by atoms with Gasteiger partial charge in [-0.2, -0.15) is 0 Å². The van der Waals surface area contributed by atoms with E-state index in [1.54, 1.807) is 7.11 Å². The summed E-state index contributed by atoms with van der Waals surface area (Å²) in [5.74, 6) is -1.37. The van der Waals surface area contributed by atoms with E-state index in [9.17, 15) is 19.2 Å². The zero-order chi connectivity index (χ0) is 107. The van der Waals surface area contributed by atoms with Crippen molar-refractivity contribution in [1.29, 1.82) is 0 Å². The van der Waals surface area contributed by atoms with E-state index >= 15 is 0 Å². The molecule has 0 aromatic carbocycles. The lowest BCUT2D eigenvalue weighted by molar-refractivity contribution is -0.131. The molecule has 4 amide bonds. The first-order chi connectivity index (χ1) is 73.8. The van der Waals surface area contributed by atoms with Crippen LogP contribution in [0.2, 0.25) is 0 Å². The Balaban J connectivity index is 5.00. The maximum atomic E-state index is 13.9. The van der Waals surface area contributed by atoms with Gasteiger partial charge in [-0.25, -0.2) is 0 Å². The van der Waals surface area contributed by atoms with Crippen LogP contribution < -0.4 is 27.0 Å². The number of methoxy groups -OCH3 is 1. The van der Waals surface area contributed by atoms with Crippen LogP contribution in [0.5, 0.6) is 0 Å². The van der Waals surface area contributed by atoms with Gasteiger partial charge in [-0.1, -0.05) is 0 Å². The van der Waals surface area contributed by atoms with E-state index in [0.29, 0.717) is 462 Å². The summed E-state index contributed by atoms with van der Waals surface area (Å²) < 4.78 is 227. The van der Waals surface area contributed by atoms with Crippen LogP contribution in [0.4, 0.5) is 0 Å². The van der Waals surface area contributed by atoms with Crippen molar-refractivity contribution < 1.29 is 224 Å². The molecule has 0 unspecified atom stereocenters. The maximum absolute atomic E-state index is 13.9. The van der Waals surface area contributed by atoms with Gasteiger partial charge in [-0.05, 0) is 0 Å². The molecule has 0 bridgehead atoms. The first-order valence-corrected chi connectivity index (χ1v) is 52.4. The number of hydrogen-bond donors (Lipinski definition) is 7. The lowest BCUT2D eigenvalue weighted by Gasteiger charge is -2.34. The number of rotatable bonds is 136. The van der Waals surface area contributed by atoms with E-state index in [4.69, 9.17) is 210 Å². The molecule has 0 rings (SSSR count). The fraction of sp³-hybridized carbons (Fsp3) is 0.959. The molecule has 0 atom stereocenters. The Labute approximate surface area is 883 Å². The van der Waals surface area contributed by atoms with Crippen LogP contribution in [0.25, 0.3) is 0 Å². The molecular weight excluding hydrogens is 1990 g/mol. The third-order valence-corrected chi connectivity index (χ3v) is 18.6. The van der Waals surface area contributed by atoms with Crippen LogP contribution in [-0.4, -0.2) is 621 Å². The Morgan fingerprint density at radius 1 is 0.168 bits per heavy atom. The zero-order valence-electron chi connectivity index (χ0n) is 89.7. The fourth-order valence-electron chi connectivity index (χ4n) is 11.1. The molecule has 8 N–H and O–H groups in total. The lowest BCUT2D eigenvalue weighted by Crippen LogP contribution is -2.59. The summed E-state index contributed by atoms with van der Waals surface area (Å²) in [4.78, 5) is 53.0. The smallest absolute Gasteiger partial charge is 0.222 e. The molecular formula is C97H193N5O47. The predicted molar refractivity (Wildman–Crippen MR) is 536 cm³/mol. The number of carbonyl (C=O) groups excluding carboxylic acids is 4. The van der Waals surface area contributed by atoms with Gasteiger partial charge in [0.25, 0.3) is 0 Å². The molecule has 0 aliphatic heterocycles. The van der Waals surface area contributed by atoms with E-state index < -0.39 is 11.4 Å². The summed E-state index contributed by atoms with van der Waals surface area (Å²) >= 11 is 0. The molecule has 0 aliphatic carbocycles. The number of nitrogens with two attached hydrogens (primary N) is 1. The van der Waals surface area contributed by atoms with Crippen molar-refractivity contribution in [2.45, 2.75) is 31.2 Å². The highest BCUT2D eigenvalue weighted by atomic mass is 16.6. The Morgan fingerprint density at radius 2 is 0.295 bits per heavy atom. The first kappa shape index (κ1) is 145. The summed E-state index contributed by atoms with van der Waals surface area (Å²) in [5, 5.41) is 28.8. The highest BCUT2D eigenvalue weighted by molar-refractivity contribution is 5.77. The van der Waals surface area contributed by atoms with Crippen molar-refractivity contribution in [3.05, 3.63) is 0 Å². The van der Waals surface area contributed by atoms with Crippen LogP contribution >= 0.6 is 0 Å². The van der Waals surface area contributed by atoms with E-state index in [-0.39, 0.29) is 156 Å². The molecule has 888 valence electrons. The average molecular weight is 2180 g/mol. The summed E-state index contributed by atoms with van der Waals surface area (Å²) in [6.07, 6.45) is -0.210. The van der Waals surface area contributed by atoms with Gasteiger partial charge in [-0.3, -0.25) is 19.2 Å². The first-order valence-electron chi connectivity index (χ1n) is 52.4. The zero-order valence-corrected chi connectivity index (χ0v) is 89.7. The molecule has 149 heavy (non-hydrogen) atoms. The molecule has 52 nitrogen and oxygen atoms in total. The molecule has 0 spiro atoms. The monoisotopic (exact) mass is 2180 g/mol. The second-order valence-corrected chi connectivity index (χ2v) is 30.9. The summed E-state index contributed by atoms with van der Waals surface area (Å²) in [6, 6.07) is 0. The van der Waals surface area contributed by atoms with Gasteiger partial charge in [0.05, 0.1) is 548 Å². The van der Waals surface area contributed by atoms with Crippen LogP contribution in [-0.2, 0) is 213 Å². The number of carbonyl (C=O) groups is 4. The Morgan fingerprint density at radius 3 is 0.450 bits per heavy atom. The average Bonchev–Trinajstić information content (AvgIpc) is 0.852. The largest absolute Gasteiger partial charge is 0.394 e. The third-order valence-electron chi connectivity index (χ3n) is 18.6. The fourth-order valence-corrected chi connectivity index (χ4v) is 11.1. The summed E-state index contributed by atoms with van der Waals surface area (Å²) in [5.41, 5.74) is 4.08. The van der Waals surface area contributed by atoms with Crippen LogP contribution in [0.15, 0.2) is 0 Å². The van der Waals surface area contributed by atoms with E-state index in [1.165, 1.54) is 0 Å². The van der Waals surface area contributed by atoms with Gasteiger partial charge in [-0.15, -0.1) is 0 Å². The van der Waals surface area contributed by atoms with Crippen molar-refractivity contribution in [3.8, 4) is 0 Å². The van der Waals surface area contributed by atoms with Gasteiger partial charge in [0, 0.05) is 59.0 Å². The van der Waals surface area contributed by atoms with Crippen molar-refractivity contribution in [2.75, 3.05) is 582 Å². The molecule has 0 fully saturated rings. The molecule has 0 saturated heterocycles. The molecule has 0 aromatic rings. The second kappa shape index (κ2) is 131. The van der Waals surface area contributed by atoms with Gasteiger partial charge >= 0.3 is 0 Å². The maximum Gasteiger partial charge on any atom is 0.222 e.